The van der Waals surface area contributed by atoms with E-state index in [4.69, 9.17) is 5.11 Å². The Morgan fingerprint density at radius 2 is 2.00 bits per heavy atom. The number of carbonyl (C=O) groups excluding carboxylic acids is 1. The zero-order valence-corrected chi connectivity index (χ0v) is 9.65. The van der Waals surface area contributed by atoms with E-state index in [9.17, 15) is 4.79 Å². The normalized spacial score (nSPS) is 24.6. The number of benzene rings is 1. The first-order valence-electron chi connectivity index (χ1n) is 5.92. The van der Waals surface area contributed by atoms with Gasteiger partial charge in [-0.15, -0.1) is 0 Å². The van der Waals surface area contributed by atoms with Gasteiger partial charge in [0.05, 0.1) is 0 Å². The summed E-state index contributed by atoms with van der Waals surface area (Å²) in [4.78, 5) is 11.1. The Balaban J connectivity index is 2.08. The molecule has 2 atom stereocenters. The topological polar surface area (TPSA) is 37.3 Å². The summed E-state index contributed by atoms with van der Waals surface area (Å²) in [5.74, 6) is 1.15. The SMILES string of the molecule is CC(=O)c1ccc(C2CCC(CO)C2)cc1. The molecule has 1 aliphatic carbocycles. The maximum atomic E-state index is 11.1. The second kappa shape index (κ2) is 4.79. The number of Topliss-reactive ketones (excluding diaryl/α,β-unsaturated/α-hetero) is 1. The summed E-state index contributed by atoms with van der Waals surface area (Å²) in [6, 6.07) is 7.93. The molecule has 1 saturated carbocycles. The molecule has 1 fully saturated rings. The molecule has 0 bridgehead atoms. The summed E-state index contributed by atoms with van der Waals surface area (Å²) in [5, 5.41) is 9.10. The third-order valence-corrected chi connectivity index (χ3v) is 3.59. The van der Waals surface area contributed by atoms with Crippen molar-refractivity contribution in [1.29, 1.82) is 0 Å². The molecule has 0 radical (unpaired) electrons. The Kier molecular flexibility index (Phi) is 3.39. The van der Waals surface area contributed by atoms with Gasteiger partial charge in [-0.25, -0.2) is 0 Å². The van der Waals surface area contributed by atoms with E-state index >= 15 is 0 Å². The van der Waals surface area contributed by atoms with Crippen LogP contribution >= 0.6 is 0 Å². The Morgan fingerprint density at radius 1 is 1.31 bits per heavy atom. The van der Waals surface area contributed by atoms with Gasteiger partial charge in [0, 0.05) is 12.2 Å². The number of aliphatic hydroxyl groups excluding tert-OH is 1. The van der Waals surface area contributed by atoms with Gasteiger partial charge >= 0.3 is 0 Å². The first kappa shape index (κ1) is 11.3. The summed E-state index contributed by atoms with van der Waals surface area (Å²) in [6.07, 6.45) is 3.36. The van der Waals surface area contributed by atoms with Crippen molar-refractivity contribution in [2.24, 2.45) is 5.92 Å². The molecule has 2 nitrogen and oxygen atoms in total. The Labute approximate surface area is 96.3 Å². The minimum atomic E-state index is 0.117. The standard InChI is InChI=1S/C14H18O2/c1-10(16)12-4-6-13(7-5-12)14-3-2-11(8-14)9-15/h4-7,11,14-15H,2-3,8-9H2,1H3. The van der Waals surface area contributed by atoms with Gasteiger partial charge in [0.15, 0.2) is 5.78 Å². The van der Waals surface area contributed by atoms with Crippen LogP contribution in [0.1, 0.15) is 48.0 Å². The van der Waals surface area contributed by atoms with Gasteiger partial charge in [0.25, 0.3) is 0 Å². The van der Waals surface area contributed by atoms with Crippen molar-refractivity contribution in [3.63, 3.8) is 0 Å². The molecule has 0 saturated heterocycles. The van der Waals surface area contributed by atoms with Crippen molar-refractivity contribution in [3.8, 4) is 0 Å². The van der Waals surface area contributed by atoms with Crippen LogP contribution in [-0.2, 0) is 0 Å². The average Bonchev–Trinajstić information content (AvgIpc) is 2.77. The number of hydrogen-bond acceptors (Lipinski definition) is 2. The Morgan fingerprint density at radius 3 is 2.50 bits per heavy atom. The van der Waals surface area contributed by atoms with Crippen molar-refractivity contribution in [2.45, 2.75) is 32.1 Å². The summed E-state index contributed by atoms with van der Waals surface area (Å²) in [5.41, 5.74) is 2.08. The maximum absolute atomic E-state index is 11.1. The van der Waals surface area contributed by atoms with E-state index in [1.165, 1.54) is 5.56 Å². The number of aliphatic hydroxyl groups is 1. The van der Waals surface area contributed by atoms with Crippen molar-refractivity contribution in [2.75, 3.05) is 6.61 Å². The molecular formula is C14H18O2. The summed E-state index contributed by atoms with van der Waals surface area (Å²) >= 11 is 0. The van der Waals surface area contributed by atoms with E-state index in [1.807, 2.05) is 12.1 Å². The molecule has 0 aromatic heterocycles. The minimum Gasteiger partial charge on any atom is -0.396 e. The van der Waals surface area contributed by atoms with Crippen LogP contribution in [0, 0.1) is 5.92 Å². The van der Waals surface area contributed by atoms with Crippen molar-refractivity contribution in [3.05, 3.63) is 35.4 Å². The van der Waals surface area contributed by atoms with Crippen molar-refractivity contribution < 1.29 is 9.90 Å². The van der Waals surface area contributed by atoms with Crippen LogP contribution in [0.2, 0.25) is 0 Å². The molecule has 2 heteroatoms. The van der Waals surface area contributed by atoms with Crippen LogP contribution in [-0.4, -0.2) is 17.5 Å². The average molecular weight is 218 g/mol. The number of carbonyl (C=O) groups is 1. The van der Waals surface area contributed by atoms with Gasteiger partial charge in [0.1, 0.15) is 0 Å². The lowest BCUT2D eigenvalue weighted by Crippen LogP contribution is -2.01. The lowest BCUT2D eigenvalue weighted by Gasteiger charge is -2.10. The van der Waals surface area contributed by atoms with E-state index in [2.05, 4.69) is 12.1 Å². The molecule has 2 rings (SSSR count). The van der Waals surface area contributed by atoms with Gasteiger partial charge < -0.3 is 5.11 Å². The highest BCUT2D eigenvalue weighted by Crippen LogP contribution is 2.37. The van der Waals surface area contributed by atoms with Crippen LogP contribution in [0.5, 0.6) is 0 Å². The number of hydrogen-bond donors (Lipinski definition) is 1. The smallest absolute Gasteiger partial charge is 0.159 e. The molecule has 0 amide bonds. The largest absolute Gasteiger partial charge is 0.396 e. The monoisotopic (exact) mass is 218 g/mol. The number of ketones is 1. The zero-order valence-electron chi connectivity index (χ0n) is 9.65. The van der Waals surface area contributed by atoms with Crippen LogP contribution in [0.4, 0.5) is 0 Å². The van der Waals surface area contributed by atoms with Gasteiger partial charge in [0.2, 0.25) is 0 Å². The third kappa shape index (κ3) is 2.33. The number of rotatable bonds is 3. The molecule has 2 unspecified atom stereocenters. The quantitative estimate of drug-likeness (QED) is 0.792. The third-order valence-electron chi connectivity index (χ3n) is 3.59. The molecule has 1 N–H and O–H groups in total. The minimum absolute atomic E-state index is 0.117. The first-order chi connectivity index (χ1) is 7.70. The second-order valence-corrected chi connectivity index (χ2v) is 4.74. The van der Waals surface area contributed by atoms with E-state index in [0.717, 1.165) is 24.8 Å². The molecule has 1 aromatic carbocycles. The maximum Gasteiger partial charge on any atom is 0.159 e. The van der Waals surface area contributed by atoms with E-state index < -0.39 is 0 Å². The van der Waals surface area contributed by atoms with E-state index in [1.54, 1.807) is 6.92 Å². The fraction of sp³-hybridized carbons (Fsp3) is 0.500. The molecule has 16 heavy (non-hydrogen) atoms. The molecular weight excluding hydrogens is 200 g/mol. The summed E-state index contributed by atoms with van der Waals surface area (Å²) in [7, 11) is 0. The highest BCUT2D eigenvalue weighted by atomic mass is 16.3. The van der Waals surface area contributed by atoms with E-state index in [-0.39, 0.29) is 5.78 Å². The van der Waals surface area contributed by atoms with Crippen LogP contribution in [0.3, 0.4) is 0 Å². The molecule has 86 valence electrons. The highest BCUT2D eigenvalue weighted by molar-refractivity contribution is 5.94. The molecule has 1 aliphatic rings. The van der Waals surface area contributed by atoms with Crippen LogP contribution in [0.25, 0.3) is 0 Å². The predicted molar refractivity (Wildman–Crippen MR) is 63.6 cm³/mol. The Hall–Kier alpha value is -1.15. The Bertz CT molecular complexity index is 367. The van der Waals surface area contributed by atoms with Crippen molar-refractivity contribution >= 4 is 5.78 Å². The van der Waals surface area contributed by atoms with Gasteiger partial charge in [-0.05, 0) is 43.6 Å². The lowest BCUT2D eigenvalue weighted by atomic mass is 9.95. The highest BCUT2D eigenvalue weighted by Gasteiger charge is 2.25. The van der Waals surface area contributed by atoms with Gasteiger partial charge in [-0.2, -0.15) is 0 Å². The zero-order chi connectivity index (χ0) is 11.5. The fourth-order valence-corrected chi connectivity index (χ4v) is 2.53. The first-order valence-corrected chi connectivity index (χ1v) is 5.92. The van der Waals surface area contributed by atoms with Gasteiger partial charge in [-0.3, -0.25) is 4.79 Å². The molecule has 0 spiro atoms. The fourth-order valence-electron chi connectivity index (χ4n) is 2.53. The lowest BCUT2D eigenvalue weighted by molar-refractivity contribution is 0.101. The second-order valence-electron chi connectivity index (χ2n) is 4.74. The van der Waals surface area contributed by atoms with Crippen LogP contribution in [0.15, 0.2) is 24.3 Å². The molecule has 0 heterocycles. The van der Waals surface area contributed by atoms with Crippen LogP contribution < -0.4 is 0 Å². The summed E-state index contributed by atoms with van der Waals surface area (Å²) in [6.45, 7) is 1.90. The predicted octanol–water partition coefficient (Wildman–Crippen LogP) is 2.77. The van der Waals surface area contributed by atoms with Gasteiger partial charge in [-0.1, -0.05) is 24.3 Å². The summed E-state index contributed by atoms with van der Waals surface area (Å²) < 4.78 is 0. The van der Waals surface area contributed by atoms with E-state index in [0.29, 0.717) is 18.4 Å². The molecule has 0 aliphatic heterocycles. The van der Waals surface area contributed by atoms with Crippen molar-refractivity contribution in [1.82, 2.24) is 0 Å². The molecule has 1 aromatic rings.